The molecule has 0 aromatic heterocycles. The molecular formula is C13H15FN2O2. The molecule has 1 aromatic rings. The fourth-order valence-electron chi connectivity index (χ4n) is 2.32. The Bertz CT molecular complexity index is 476. The van der Waals surface area contributed by atoms with E-state index in [9.17, 15) is 14.0 Å². The van der Waals surface area contributed by atoms with Gasteiger partial charge < -0.3 is 10.2 Å². The van der Waals surface area contributed by atoms with E-state index in [1.54, 1.807) is 24.1 Å². The van der Waals surface area contributed by atoms with Gasteiger partial charge in [0.05, 0.1) is 5.69 Å². The third kappa shape index (κ3) is 2.20. The van der Waals surface area contributed by atoms with Gasteiger partial charge >= 0.3 is 0 Å². The molecule has 1 unspecified atom stereocenters. The number of hydrogen-bond donors (Lipinski definition) is 1. The van der Waals surface area contributed by atoms with E-state index >= 15 is 0 Å². The van der Waals surface area contributed by atoms with E-state index in [-0.39, 0.29) is 11.9 Å². The Morgan fingerprint density at radius 3 is 2.94 bits per heavy atom. The molecule has 1 aromatic carbocycles. The standard InChI is InChI=1S/C13H15FN2O2/c1-15-13(18)12-3-2-6-16(12)11-5-4-9(8-17)7-10(11)14/h4-5,7-8,12H,2-3,6H2,1H3,(H,15,18). The number of nitrogens with one attached hydrogen (secondary N) is 1. The summed E-state index contributed by atoms with van der Waals surface area (Å²) in [7, 11) is 1.57. The number of amides is 1. The summed E-state index contributed by atoms with van der Waals surface area (Å²) in [4.78, 5) is 24.0. The minimum absolute atomic E-state index is 0.105. The third-order valence-electron chi connectivity index (χ3n) is 3.22. The van der Waals surface area contributed by atoms with Crippen molar-refractivity contribution in [2.75, 3.05) is 18.5 Å². The number of benzene rings is 1. The van der Waals surface area contributed by atoms with Crippen molar-refractivity contribution in [3.05, 3.63) is 29.6 Å². The van der Waals surface area contributed by atoms with E-state index in [1.165, 1.54) is 6.07 Å². The van der Waals surface area contributed by atoms with Gasteiger partial charge in [-0.1, -0.05) is 0 Å². The Hall–Kier alpha value is -1.91. The minimum Gasteiger partial charge on any atom is -0.357 e. The quantitative estimate of drug-likeness (QED) is 0.824. The molecule has 4 nitrogen and oxygen atoms in total. The molecule has 2 rings (SSSR count). The molecule has 0 radical (unpaired) electrons. The van der Waals surface area contributed by atoms with Crippen LogP contribution >= 0.6 is 0 Å². The molecule has 0 saturated carbocycles. The van der Waals surface area contributed by atoms with Gasteiger partial charge in [0.2, 0.25) is 5.91 Å². The van der Waals surface area contributed by atoms with Crippen LogP contribution in [0.1, 0.15) is 23.2 Å². The summed E-state index contributed by atoms with van der Waals surface area (Å²) in [5.41, 5.74) is 0.679. The number of halogens is 1. The number of anilines is 1. The summed E-state index contributed by atoms with van der Waals surface area (Å²) in [5.74, 6) is -0.568. The zero-order chi connectivity index (χ0) is 13.1. The lowest BCUT2D eigenvalue weighted by Crippen LogP contribution is -2.42. The minimum atomic E-state index is -0.463. The second-order valence-corrected chi connectivity index (χ2v) is 4.29. The first-order chi connectivity index (χ1) is 8.67. The SMILES string of the molecule is CNC(=O)C1CCCN1c1ccc(C=O)cc1F. The lowest BCUT2D eigenvalue weighted by molar-refractivity contribution is -0.121. The fourth-order valence-corrected chi connectivity index (χ4v) is 2.32. The molecule has 0 spiro atoms. The van der Waals surface area contributed by atoms with Crippen molar-refractivity contribution in [1.29, 1.82) is 0 Å². The average Bonchev–Trinajstić information content (AvgIpc) is 2.86. The van der Waals surface area contributed by atoms with Crippen LogP contribution in [0.15, 0.2) is 18.2 Å². The summed E-state index contributed by atoms with van der Waals surface area (Å²) in [6.45, 7) is 0.648. The molecule has 1 aliphatic rings. The number of rotatable bonds is 3. The van der Waals surface area contributed by atoms with Crippen LogP contribution in [-0.2, 0) is 4.79 Å². The van der Waals surface area contributed by atoms with Crippen LogP contribution in [0.4, 0.5) is 10.1 Å². The first-order valence-corrected chi connectivity index (χ1v) is 5.90. The van der Waals surface area contributed by atoms with Gasteiger partial charge in [-0.15, -0.1) is 0 Å². The largest absolute Gasteiger partial charge is 0.357 e. The first-order valence-electron chi connectivity index (χ1n) is 5.90. The Morgan fingerprint density at radius 2 is 2.33 bits per heavy atom. The number of hydrogen-bond acceptors (Lipinski definition) is 3. The van der Waals surface area contributed by atoms with Gasteiger partial charge in [0.25, 0.3) is 0 Å². The van der Waals surface area contributed by atoms with Crippen LogP contribution in [0.3, 0.4) is 0 Å². The number of carbonyl (C=O) groups excluding carboxylic acids is 2. The van der Waals surface area contributed by atoms with Crippen LogP contribution in [0.25, 0.3) is 0 Å². The van der Waals surface area contributed by atoms with E-state index in [0.29, 0.717) is 30.5 Å². The van der Waals surface area contributed by atoms with Gasteiger partial charge in [0.15, 0.2) is 0 Å². The highest BCUT2D eigenvalue weighted by atomic mass is 19.1. The highest BCUT2D eigenvalue weighted by Gasteiger charge is 2.31. The topological polar surface area (TPSA) is 49.4 Å². The van der Waals surface area contributed by atoms with Crippen LogP contribution in [-0.4, -0.2) is 31.8 Å². The van der Waals surface area contributed by atoms with E-state index in [4.69, 9.17) is 0 Å². The Labute approximate surface area is 105 Å². The maximum absolute atomic E-state index is 13.9. The normalized spacial score (nSPS) is 18.8. The third-order valence-corrected chi connectivity index (χ3v) is 3.22. The maximum atomic E-state index is 13.9. The van der Waals surface area contributed by atoms with Gasteiger partial charge in [-0.3, -0.25) is 9.59 Å². The van der Waals surface area contributed by atoms with Crippen molar-refractivity contribution in [2.24, 2.45) is 0 Å². The van der Waals surface area contributed by atoms with E-state index < -0.39 is 5.82 Å². The molecule has 5 heteroatoms. The molecule has 1 amide bonds. The van der Waals surface area contributed by atoms with Gasteiger partial charge in [-0.05, 0) is 31.0 Å². The molecule has 1 N–H and O–H groups in total. The van der Waals surface area contributed by atoms with Gasteiger partial charge in [0, 0.05) is 19.2 Å². The first kappa shape index (κ1) is 12.5. The predicted molar refractivity (Wildman–Crippen MR) is 66.2 cm³/mol. The molecule has 0 bridgehead atoms. The van der Waals surface area contributed by atoms with Gasteiger partial charge in [-0.25, -0.2) is 4.39 Å². The highest BCUT2D eigenvalue weighted by Crippen LogP contribution is 2.28. The molecule has 96 valence electrons. The zero-order valence-corrected chi connectivity index (χ0v) is 10.1. The summed E-state index contributed by atoms with van der Waals surface area (Å²) in [6, 6.07) is 3.98. The maximum Gasteiger partial charge on any atom is 0.242 e. The smallest absolute Gasteiger partial charge is 0.242 e. The number of aldehydes is 1. The Morgan fingerprint density at radius 1 is 1.56 bits per heavy atom. The van der Waals surface area contributed by atoms with Crippen LogP contribution in [0.5, 0.6) is 0 Å². The van der Waals surface area contributed by atoms with Crippen molar-refractivity contribution < 1.29 is 14.0 Å². The fraction of sp³-hybridized carbons (Fsp3) is 0.385. The van der Waals surface area contributed by atoms with Crippen molar-refractivity contribution in [3.8, 4) is 0 Å². The molecular weight excluding hydrogens is 235 g/mol. The monoisotopic (exact) mass is 250 g/mol. The second-order valence-electron chi connectivity index (χ2n) is 4.29. The van der Waals surface area contributed by atoms with E-state index in [0.717, 1.165) is 6.42 Å². The summed E-state index contributed by atoms with van der Waals surface area (Å²) >= 11 is 0. The predicted octanol–water partition coefficient (Wildman–Crippen LogP) is 1.35. The Balaban J connectivity index is 2.30. The number of likely N-dealkylation sites (N-methyl/N-ethyl adjacent to an activating group) is 1. The van der Waals surface area contributed by atoms with Gasteiger partial charge in [-0.2, -0.15) is 0 Å². The molecule has 0 aliphatic carbocycles. The number of carbonyl (C=O) groups is 2. The summed E-state index contributed by atoms with van der Waals surface area (Å²) in [6.07, 6.45) is 2.18. The van der Waals surface area contributed by atoms with Gasteiger partial charge in [0.1, 0.15) is 18.1 Å². The molecule has 1 atom stereocenters. The van der Waals surface area contributed by atoms with Crippen LogP contribution in [0.2, 0.25) is 0 Å². The average molecular weight is 250 g/mol. The van der Waals surface area contributed by atoms with Crippen molar-refractivity contribution >= 4 is 17.9 Å². The van der Waals surface area contributed by atoms with Crippen LogP contribution in [0, 0.1) is 5.82 Å². The molecule has 1 heterocycles. The number of nitrogens with zero attached hydrogens (tertiary/aromatic N) is 1. The molecule has 1 fully saturated rings. The summed E-state index contributed by atoms with van der Waals surface area (Å²) < 4.78 is 13.9. The van der Waals surface area contributed by atoms with Crippen LogP contribution < -0.4 is 10.2 Å². The molecule has 1 aliphatic heterocycles. The van der Waals surface area contributed by atoms with Crippen molar-refractivity contribution in [2.45, 2.75) is 18.9 Å². The lowest BCUT2D eigenvalue weighted by Gasteiger charge is -2.25. The highest BCUT2D eigenvalue weighted by molar-refractivity contribution is 5.86. The second kappa shape index (κ2) is 5.16. The zero-order valence-electron chi connectivity index (χ0n) is 10.1. The molecule has 18 heavy (non-hydrogen) atoms. The van der Waals surface area contributed by atoms with E-state index in [1.807, 2.05) is 0 Å². The van der Waals surface area contributed by atoms with Crippen molar-refractivity contribution in [3.63, 3.8) is 0 Å². The van der Waals surface area contributed by atoms with E-state index in [2.05, 4.69) is 5.32 Å². The lowest BCUT2D eigenvalue weighted by atomic mass is 10.1. The van der Waals surface area contributed by atoms with Crippen molar-refractivity contribution in [1.82, 2.24) is 5.32 Å². The summed E-state index contributed by atoms with van der Waals surface area (Å²) in [5, 5.41) is 2.59. The molecule has 1 saturated heterocycles. The Kier molecular flexibility index (Phi) is 3.60.